The summed E-state index contributed by atoms with van der Waals surface area (Å²) in [6, 6.07) is 7.40. The molecule has 1 aromatic rings. The van der Waals surface area contributed by atoms with Crippen molar-refractivity contribution in [2.75, 3.05) is 50.7 Å². The van der Waals surface area contributed by atoms with E-state index in [0.717, 1.165) is 50.8 Å². The zero-order valence-electron chi connectivity index (χ0n) is 15.6. The largest absolute Gasteiger partial charge is 0.506 e. The summed E-state index contributed by atoms with van der Waals surface area (Å²) in [7, 11) is 0. The predicted octanol–water partition coefficient (Wildman–Crippen LogP) is 1.62. The molecule has 8 heteroatoms. The van der Waals surface area contributed by atoms with E-state index in [2.05, 4.69) is 25.4 Å². The molecule has 1 aromatic carbocycles. The number of rotatable bonds is 6. The van der Waals surface area contributed by atoms with Crippen LogP contribution in [-0.2, 0) is 4.79 Å². The van der Waals surface area contributed by atoms with Gasteiger partial charge >= 0.3 is 0 Å². The van der Waals surface area contributed by atoms with Gasteiger partial charge in [-0.05, 0) is 25.5 Å². The van der Waals surface area contributed by atoms with Crippen molar-refractivity contribution >= 4 is 41.5 Å². The molecule has 1 heterocycles. The topological polar surface area (TPSA) is 80.2 Å². The summed E-state index contributed by atoms with van der Waals surface area (Å²) in [6.45, 7) is 8.80. The van der Waals surface area contributed by atoms with Crippen LogP contribution in [-0.4, -0.2) is 67.7 Å². The van der Waals surface area contributed by atoms with Gasteiger partial charge in [0, 0.05) is 39.3 Å². The van der Waals surface area contributed by atoms with Gasteiger partial charge in [-0.15, -0.1) is 24.0 Å². The minimum Gasteiger partial charge on any atom is -0.506 e. The first-order valence-corrected chi connectivity index (χ1v) is 8.98. The summed E-state index contributed by atoms with van der Waals surface area (Å²) in [5, 5.41) is 16.1. The normalized spacial score (nSPS) is 14.6. The minimum absolute atomic E-state index is 0. The Balaban J connectivity index is 0.00000338. The molecule has 0 atom stereocenters. The van der Waals surface area contributed by atoms with Crippen LogP contribution in [0, 0.1) is 0 Å². The molecule has 3 N–H and O–H groups in total. The van der Waals surface area contributed by atoms with Gasteiger partial charge in [0.15, 0.2) is 5.96 Å². The molecule has 1 amide bonds. The highest BCUT2D eigenvalue weighted by Crippen LogP contribution is 2.27. The highest BCUT2D eigenvalue weighted by molar-refractivity contribution is 14.0. The van der Waals surface area contributed by atoms with Gasteiger partial charge in [-0.3, -0.25) is 4.79 Å². The number of halogens is 1. The van der Waals surface area contributed by atoms with E-state index in [1.54, 1.807) is 6.07 Å². The number of benzene rings is 1. The molecule has 0 radical (unpaired) electrons. The van der Waals surface area contributed by atoms with Crippen molar-refractivity contribution in [2.45, 2.75) is 20.3 Å². The van der Waals surface area contributed by atoms with Crippen molar-refractivity contribution < 1.29 is 9.90 Å². The lowest BCUT2D eigenvalue weighted by atomic mass is 10.2. The molecule has 146 valence electrons. The zero-order chi connectivity index (χ0) is 18.1. The predicted molar refractivity (Wildman–Crippen MR) is 117 cm³/mol. The number of amides is 1. The Hall–Kier alpha value is -1.71. The number of para-hydroxylation sites is 2. The number of carbonyl (C=O) groups excluding carboxylic acids is 1. The first-order valence-electron chi connectivity index (χ1n) is 8.98. The summed E-state index contributed by atoms with van der Waals surface area (Å²) in [5.74, 6) is 1.03. The van der Waals surface area contributed by atoms with Gasteiger partial charge in [0.2, 0.25) is 5.91 Å². The summed E-state index contributed by atoms with van der Waals surface area (Å²) in [4.78, 5) is 20.6. The number of phenolic OH excluding ortho intramolecular Hbond substituents is 1. The van der Waals surface area contributed by atoms with Crippen LogP contribution in [0.1, 0.15) is 20.3 Å². The second-order valence-electron chi connectivity index (χ2n) is 5.98. The number of hydrogen-bond acceptors (Lipinski definition) is 4. The lowest BCUT2D eigenvalue weighted by Gasteiger charge is -2.37. The van der Waals surface area contributed by atoms with Gasteiger partial charge in [-0.25, -0.2) is 4.99 Å². The number of aromatic hydroxyl groups is 1. The molecule has 1 saturated heterocycles. The van der Waals surface area contributed by atoms with Gasteiger partial charge in [0.25, 0.3) is 0 Å². The van der Waals surface area contributed by atoms with E-state index >= 15 is 0 Å². The summed E-state index contributed by atoms with van der Waals surface area (Å²) in [6.07, 6.45) is 0.920. The van der Waals surface area contributed by atoms with Crippen molar-refractivity contribution in [1.29, 1.82) is 0 Å². The van der Waals surface area contributed by atoms with Gasteiger partial charge in [-0.1, -0.05) is 19.1 Å². The molecule has 1 aliphatic rings. The number of carbonyl (C=O) groups is 1. The van der Waals surface area contributed by atoms with Crippen LogP contribution in [0.15, 0.2) is 29.3 Å². The molecule has 7 nitrogen and oxygen atoms in total. The number of nitrogens with one attached hydrogen (secondary N) is 2. The van der Waals surface area contributed by atoms with Crippen LogP contribution in [0.5, 0.6) is 5.75 Å². The zero-order valence-corrected chi connectivity index (χ0v) is 17.9. The van der Waals surface area contributed by atoms with Crippen LogP contribution >= 0.6 is 24.0 Å². The van der Waals surface area contributed by atoms with Crippen LogP contribution < -0.4 is 15.5 Å². The van der Waals surface area contributed by atoms with Gasteiger partial charge in [0.1, 0.15) is 12.3 Å². The Morgan fingerprint density at radius 1 is 1.15 bits per heavy atom. The standard InChI is InChI=1S/C18H29N5O2.HI/c1-3-9-20-17(25)14-21-18(19-4-2)23-12-10-22(11-13-23)15-7-5-6-8-16(15)24;/h5-8,24H,3-4,9-14H2,1-2H3,(H,19,21)(H,20,25);1H. The number of piperazine rings is 1. The summed E-state index contributed by atoms with van der Waals surface area (Å²) >= 11 is 0. The third kappa shape index (κ3) is 6.54. The second kappa shape index (κ2) is 11.8. The Kier molecular flexibility index (Phi) is 10.2. The molecule has 0 aliphatic carbocycles. The van der Waals surface area contributed by atoms with E-state index < -0.39 is 0 Å². The van der Waals surface area contributed by atoms with Crippen molar-refractivity contribution in [3.05, 3.63) is 24.3 Å². The fourth-order valence-corrected chi connectivity index (χ4v) is 2.78. The number of aliphatic imine (C=N–C) groups is 1. The van der Waals surface area contributed by atoms with E-state index in [4.69, 9.17) is 0 Å². The number of guanidine groups is 1. The minimum atomic E-state index is -0.0508. The van der Waals surface area contributed by atoms with E-state index in [1.807, 2.05) is 32.0 Å². The van der Waals surface area contributed by atoms with Gasteiger partial charge in [-0.2, -0.15) is 0 Å². The first-order chi connectivity index (χ1) is 12.2. The molecular weight excluding hydrogens is 445 g/mol. The van der Waals surface area contributed by atoms with Gasteiger partial charge < -0.3 is 25.5 Å². The molecule has 1 fully saturated rings. The molecular formula is C18H30IN5O2. The number of hydrogen-bond donors (Lipinski definition) is 3. The molecule has 0 bridgehead atoms. The Bertz CT molecular complexity index is 589. The maximum absolute atomic E-state index is 11.8. The third-order valence-electron chi connectivity index (χ3n) is 4.08. The molecule has 0 unspecified atom stereocenters. The number of nitrogens with zero attached hydrogens (tertiary/aromatic N) is 3. The van der Waals surface area contributed by atoms with Crippen molar-refractivity contribution in [1.82, 2.24) is 15.5 Å². The lowest BCUT2D eigenvalue weighted by Crippen LogP contribution is -2.52. The summed E-state index contributed by atoms with van der Waals surface area (Å²) < 4.78 is 0. The lowest BCUT2D eigenvalue weighted by molar-refractivity contribution is -0.119. The second-order valence-corrected chi connectivity index (χ2v) is 5.98. The molecule has 0 aromatic heterocycles. The number of anilines is 1. The molecule has 0 saturated carbocycles. The first kappa shape index (κ1) is 22.3. The molecule has 1 aliphatic heterocycles. The smallest absolute Gasteiger partial charge is 0.241 e. The maximum atomic E-state index is 11.8. The fourth-order valence-electron chi connectivity index (χ4n) is 2.78. The SMILES string of the molecule is CCCNC(=O)CN=C(NCC)N1CCN(c2ccccc2O)CC1.I. The fraction of sp³-hybridized carbons (Fsp3) is 0.556. The number of phenols is 1. The highest BCUT2D eigenvalue weighted by Gasteiger charge is 2.21. The van der Waals surface area contributed by atoms with Crippen molar-refractivity contribution in [3.8, 4) is 5.75 Å². The van der Waals surface area contributed by atoms with Crippen LogP contribution in [0.25, 0.3) is 0 Å². The molecule has 2 rings (SSSR count). The average Bonchev–Trinajstić information content (AvgIpc) is 2.64. The Labute approximate surface area is 172 Å². The highest BCUT2D eigenvalue weighted by atomic mass is 127. The van der Waals surface area contributed by atoms with E-state index in [0.29, 0.717) is 12.3 Å². The molecule has 0 spiro atoms. The van der Waals surface area contributed by atoms with E-state index in [1.165, 1.54) is 0 Å². The van der Waals surface area contributed by atoms with Gasteiger partial charge in [0.05, 0.1) is 5.69 Å². The third-order valence-corrected chi connectivity index (χ3v) is 4.08. The molecule has 26 heavy (non-hydrogen) atoms. The Morgan fingerprint density at radius 2 is 1.85 bits per heavy atom. The maximum Gasteiger partial charge on any atom is 0.241 e. The average molecular weight is 475 g/mol. The summed E-state index contributed by atoms with van der Waals surface area (Å²) in [5.41, 5.74) is 0.864. The van der Waals surface area contributed by atoms with Crippen LogP contribution in [0.4, 0.5) is 5.69 Å². The van der Waals surface area contributed by atoms with Crippen molar-refractivity contribution in [2.24, 2.45) is 4.99 Å². The quantitative estimate of drug-likeness (QED) is 0.331. The van der Waals surface area contributed by atoms with Crippen molar-refractivity contribution in [3.63, 3.8) is 0 Å². The van der Waals surface area contributed by atoms with Crippen LogP contribution in [0.2, 0.25) is 0 Å². The Morgan fingerprint density at radius 3 is 2.46 bits per heavy atom. The van der Waals surface area contributed by atoms with E-state index in [-0.39, 0.29) is 36.4 Å². The van der Waals surface area contributed by atoms with Crippen LogP contribution in [0.3, 0.4) is 0 Å². The monoisotopic (exact) mass is 475 g/mol. The van der Waals surface area contributed by atoms with E-state index in [9.17, 15) is 9.90 Å².